The molecule has 1 heterocycles. The third kappa shape index (κ3) is 5.58. The first-order valence-corrected chi connectivity index (χ1v) is 22.1. The summed E-state index contributed by atoms with van der Waals surface area (Å²) in [6, 6.07) is 85.4. The molecule has 0 fully saturated rings. The zero-order chi connectivity index (χ0) is 41.5. The van der Waals surface area contributed by atoms with Crippen LogP contribution in [-0.2, 0) is 18.3 Å². The quantitative estimate of drug-likeness (QED) is 0.163. The molecule has 0 unspecified atom stereocenters. The maximum Gasteiger partial charge on any atom is 0.0547 e. The summed E-state index contributed by atoms with van der Waals surface area (Å²) in [7, 11) is 0. The van der Waals surface area contributed by atoms with Gasteiger partial charge in [-0.3, -0.25) is 0 Å². The van der Waals surface area contributed by atoms with Crippen molar-refractivity contribution < 1.29 is 0 Å². The first kappa shape index (κ1) is 35.8. The molecule has 0 N–H and O–H groups in total. The van der Waals surface area contributed by atoms with Crippen molar-refractivity contribution >= 4 is 49.6 Å². The van der Waals surface area contributed by atoms with Crippen molar-refractivity contribution in [2.45, 2.75) is 18.3 Å². The fourth-order valence-electron chi connectivity index (χ4n) is 11.1. The zero-order valence-corrected chi connectivity index (χ0v) is 34.7. The maximum atomic E-state index is 2.50. The molecule has 0 atom stereocenters. The van der Waals surface area contributed by atoms with Gasteiger partial charge in [0.05, 0.1) is 11.0 Å². The van der Waals surface area contributed by atoms with Crippen molar-refractivity contribution in [1.82, 2.24) is 4.57 Å². The highest BCUT2D eigenvalue weighted by atomic mass is 15.1. The molecule has 2 nitrogen and oxygen atoms in total. The highest BCUT2D eigenvalue weighted by molar-refractivity contribution is 6.10. The number of rotatable bonds is 6. The molecule has 2 heteroatoms. The fourth-order valence-corrected chi connectivity index (χ4v) is 11.1. The summed E-state index contributed by atoms with van der Waals surface area (Å²) in [5.74, 6) is 0. The molecule has 2 aliphatic carbocycles. The lowest BCUT2D eigenvalue weighted by Gasteiger charge is -2.30. The average Bonchev–Trinajstić information content (AvgIpc) is 3.99. The maximum absolute atomic E-state index is 2.50. The van der Waals surface area contributed by atoms with Crippen molar-refractivity contribution in [2.75, 3.05) is 4.90 Å². The van der Waals surface area contributed by atoms with Gasteiger partial charge in [-0.15, -0.1) is 0 Å². The summed E-state index contributed by atoms with van der Waals surface area (Å²) in [4.78, 5) is 2.45. The van der Waals surface area contributed by atoms with Crippen LogP contribution >= 0.6 is 0 Å². The molecule has 11 aromatic rings. The molecule has 0 saturated carbocycles. The van der Waals surface area contributed by atoms with Crippen molar-refractivity contribution in [3.63, 3.8) is 0 Å². The van der Waals surface area contributed by atoms with Crippen LogP contribution in [0.15, 0.2) is 231 Å². The molecule has 13 rings (SSSR count). The first-order chi connectivity index (χ1) is 31.2. The average molecular weight is 803 g/mol. The van der Waals surface area contributed by atoms with Crippen LogP contribution in [0.4, 0.5) is 17.1 Å². The van der Waals surface area contributed by atoms with Gasteiger partial charge in [0.2, 0.25) is 0 Å². The molecule has 0 aliphatic heterocycles. The van der Waals surface area contributed by atoms with Crippen LogP contribution in [0.1, 0.15) is 22.3 Å². The Balaban J connectivity index is 0.944. The number of benzene rings is 10. The number of fused-ring (bicyclic) bond motifs is 10. The number of aromatic nitrogens is 1. The Hall–Kier alpha value is -7.94. The summed E-state index contributed by atoms with van der Waals surface area (Å²) in [6.07, 6.45) is 2.03. The van der Waals surface area contributed by atoms with E-state index in [1.54, 1.807) is 0 Å². The number of para-hydroxylation sites is 2. The second-order valence-electron chi connectivity index (χ2n) is 17.4. The molecule has 10 aromatic carbocycles. The van der Waals surface area contributed by atoms with Crippen LogP contribution in [0, 0.1) is 0 Å². The number of anilines is 3. The van der Waals surface area contributed by atoms with E-state index in [4.69, 9.17) is 0 Å². The Morgan fingerprint density at radius 2 is 0.921 bits per heavy atom. The molecule has 1 aromatic heterocycles. The second kappa shape index (κ2) is 14.1. The standard InChI is InChI=1S/C61H42N2/c1-2-17-47(18-3-1)63-59-24-11-9-21-55(59)56-35-29-44(37-60(56)63)41-25-30-48(31-26-41)62(49-32-27-43(28-33-49)52-22-12-16-42-13-6-7-19-51(42)52)50-34-36-54-53-20-8-10-23-57(53)61(58(54)38-50)39-45-14-4-5-15-46(45)40-61/h1-38H,39-40H2. The minimum atomic E-state index is -0.0970. The Labute approximate surface area is 367 Å². The lowest BCUT2D eigenvalue weighted by Crippen LogP contribution is -2.26. The largest absolute Gasteiger partial charge is 0.310 e. The minimum Gasteiger partial charge on any atom is -0.310 e. The van der Waals surface area contributed by atoms with E-state index in [0.717, 1.165) is 29.9 Å². The van der Waals surface area contributed by atoms with Crippen LogP contribution < -0.4 is 4.90 Å². The van der Waals surface area contributed by atoms with Gasteiger partial charge in [0, 0.05) is 38.9 Å². The van der Waals surface area contributed by atoms with E-state index >= 15 is 0 Å². The predicted molar refractivity (Wildman–Crippen MR) is 264 cm³/mol. The normalized spacial score (nSPS) is 13.4. The van der Waals surface area contributed by atoms with Gasteiger partial charge in [0.1, 0.15) is 0 Å². The predicted octanol–water partition coefficient (Wildman–Crippen LogP) is 15.8. The summed E-state index contributed by atoms with van der Waals surface area (Å²) in [5, 5.41) is 5.04. The SMILES string of the molecule is c1ccc(-n2c3ccccc3c3ccc(-c4ccc(N(c5ccc(-c6cccc7ccccc67)cc5)c5ccc6c(c5)C5(Cc7ccccc7C5)c5ccccc5-6)cc4)cc32)cc1. The Kier molecular flexibility index (Phi) is 7.98. The van der Waals surface area contributed by atoms with Gasteiger partial charge in [0.25, 0.3) is 0 Å². The van der Waals surface area contributed by atoms with E-state index in [1.165, 1.54) is 93.9 Å². The molecule has 296 valence electrons. The second-order valence-corrected chi connectivity index (χ2v) is 17.4. The molecule has 0 bridgehead atoms. The van der Waals surface area contributed by atoms with Crippen LogP contribution in [0.5, 0.6) is 0 Å². The van der Waals surface area contributed by atoms with Gasteiger partial charge in [0.15, 0.2) is 0 Å². The zero-order valence-electron chi connectivity index (χ0n) is 34.7. The van der Waals surface area contributed by atoms with Gasteiger partial charge in [-0.05, 0) is 140 Å². The molecular formula is C61H42N2. The van der Waals surface area contributed by atoms with E-state index in [-0.39, 0.29) is 5.41 Å². The Bertz CT molecular complexity index is 3530. The summed E-state index contributed by atoms with van der Waals surface area (Å²) in [5.41, 5.74) is 20.3. The monoisotopic (exact) mass is 802 g/mol. The van der Waals surface area contributed by atoms with E-state index in [1.807, 2.05) is 0 Å². The molecule has 0 saturated heterocycles. The van der Waals surface area contributed by atoms with Crippen LogP contribution in [-0.4, -0.2) is 4.57 Å². The van der Waals surface area contributed by atoms with Crippen molar-refractivity contribution in [1.29, 1.82) is 0 Å². The summed E-state index contributed by atoms with van der Waals surface area (Å²) < 4.78 is 2.40. The van der Waals surface area contributed by atoms with Crippen molar-refractivity contribution in [3.05, 3.63) is 253 Å². The number of nitrogens with zero attached hydrogens (tertiary/aromatic N) is 2. The van der Waals surface area contributed by atoms with Crippen molar-refractivity contribution in [3.8, 4) is 39.1 Å². The van der Waals surface area contributed by atoms with Crippen LogP contribution in [0.25, 0.3) is 71.6 Å². The minimum absolute atomic E-state index is 0.0970. The molecular weight excluding hydrogens is 761 g/mol. The van der Waals surface area contributed by atoms with E-state index in [0.29, 0.717) is 0 Å². The highest BCUT2D eigenvalue weighted by Gasteiger charge is 2.47. The Morgan fingerprint density at radius 3 is 1.71 bits per heavy atom. The van der Waals surface area contributed by atoms with Gasteiger partial charge in [-0.2, -0.15) is 0 Å². The van der Waals surface area contributed by atoms with Crippen molar-refractivity contribution in [2.24, 2.45) is 0 Å². The van der Waals surface area contributed by atoms with E-state index in [9.17, 15) is 0 Å². The smallest absolute Gasteiger partial charge is 0.0547 e. The van der Waals surface area contributed by atoms with Crippen LogP contribution in [0.3, 0.4) is 0 Å². The Morgan fingerprint density at radius 1 is 0.349 bits per heavy atom. The molecule has 2 aliphatic rings. The third-order valence-corrected chi connectivity index (χ3v) is 14.0. The lowest BCUT2D eigenvalue weighted by molar-refractivity contribution is 0.563. The first-order valence-electron chi connectivity index (χ1n) is 22.1. The summed E-state index contributed by atoms with van der Waals surface area (Å²) in [6.45, 7) is 0. The van der Waals surface area contributed by atoms with Gasteiger partial charge in [-0.1, -0.05) is 170 Å². The molecule has 0 amide bonds. The van der Waals surface area contributed by atoms with Crippen LogP contribution in [0.2, 0.25) is 0 Å². The summed E-state index contributed by atoms with van der Waals surface area (Å²) >= 11 is 0. The van der Waals surface area contributed by atoms with Gasteiger partial charge < -0.3 is 9.47 Å². The topological polar surface area (TPSA) is 8.17 Å². The molecule has 63 heavy (non-hydrogen) atoms. The highest BCUT2D eigenvalue weighted by Crippen LogP contribution is 2.56. The molecule has 1 spiro atoms. The fraction of sp³-hybridized carbons (Fsp3) is 0.0492. The lowest BCUT2D eigenvalue weighted by atomic mass is 9.75. The third-order valence-electron chi connectivity index (χ3n) is 14.0. The number of hydrogen-bond donors (Lipinski definition) is 0. The molecule has 0 radical (unpaired) electrons. The van der Waals surface area contributed by atoms with E-state index in [2.05, 4.69) is 240 Å². The number of hydrogen-bond acceptors (Lipinski definition) is 1. The van der Waals surface area contributed by atoms with Gasteiger partial charge >= 0.3 is 0 Å². The van der Waals surface area contributed by atoms with Gasteiger partial charge in [-0.25, -0.2) is 0 Å². The van der Waals surface area contributed by atoms with E-state index < -0.39 is 0 Å².